The number of carbonyl (C=O) groups excluding carboxylic acids is 1. The molecule has 1 heterocycles. The van der Waals surface area contributed by atoms with Crippen molar-refractivity contribution < 1.29 is 14.3 Å². The molecule has 2 aromatic carbocycles. The average Bonchev–Trinajstić information content (AvgIpc) is 3.04. The maximum absolute atomic E-state index is 13.0. The summed E-state index contributed by atoms with van der Waals surface area (Å²) < 4.78 is 10.7. The predicted octanol–water partition coefficient (Wildman–Crippen LogP) is 3.85. The van der Waals surface area contributed by atoms with Crippen LogP contribution in [0.4, 0.5) is 5.69 Å². The number of hydrogen-bond acceptors (Lipinski definition) is 3. The Hall–Kier alpha value is -2.95. The molecule has 0 unspecified atom stereocenters. The number of H-pyrrole nitrogens is 1. The van der Waals surface area contributed by atoms with Crippen molar-refractivity contribution >= 4 is 22.5 Å². The fraction of sp³-hybridized carbons (Fsp3) is 0.211. The number of nitrogens with zero attached hydrogens (tertiary/aromatic N) is 1. The Balaban J connectivity index is 2.06. The molecule has 3 rings (SSSR count). The molecule has 0 aliphatic carbocycles. The molecule has 1 N–H and O–H groups in total. The van der Waals surface area contributed by atoms with E-state index < -0.39 is 0 Å². The summed E-state index contributed by atoms with van der Waals surface area (Å²) in [6, 6.07) is 13.3. The molecule has 0 atom stereocenters. The third-order valence-corrected chi connectivity index (χ3v) is 4.05. The normalized spacial score (nSPS) is 10.6. The first kappa shape index (κ1) is 15.9. The van der Waals surface area contributed by atoms with E-state index in [-0.39, 0.29) is 5.91 Å². The van der Waals surface area contributed by atoms with Crippen molar-refractivity contribution in [3.63, 3.8) is 0 Å². The third-order valence-electron chi connectivity index (χ3n) is 4.05. The smallest absolute Gasteiger partial charge is 0.260 e. The van der Waals surface area contributed by atoms with Crippen LogP contribution in [-0.2, 0) is 0 Å². The third kappa shape index (κ3) is 2.69. The minimum absolute atomic E-state index is 0.0535. The second-order valence-electron chi connectivity index (χ2n) is 5.34. The van der Waals surface area contributed by atoms with Crippen molar-refractivity contribution in [1.29, 1.82) is 0 Å². The highest BCUT2D eigenvalue weighted by molar-refractivity contribution is 6.14. The van der Waals surface area contributed by atoms with Gasteiger partial charge in [-0.3, -0.25) is 4.79 Å². The lowest BCUT2D eigenvalue weighted by atomic mass is 10.1. The van der Waals surface area contributed by atoms with E-state index in [9.17, 15) is 4.79 Å². The molecule has 0 spiro atoms. The number of nitrogens with one attached hydrogen (secondary N) is 1. The summed E-state index contributed by atoms with van der Waals surface area (Å²) in [6.07, 6.45) is 1.73. The van der Waals surface area contributed by atoms with Gasteiger partial charge in [-0.2, -0.15) is 0 Å². The average molecular weight is 324 g/mol. The first-order chi connectivity index (χ1) is 11.7. The van der Waals surface area contributed by atoms with Gasteiger partial charge in [0.2, 0.25) is 0 Å². The molecule has 3 aromatic rings. The highest BCUT2D eigenvalue weighted by Gasteiger charge is 2.21. The van der Waals surface area contributed by atoms with Gasteiger partial charge >= 0.3 is 0 Å². The van der Waals surface area contributed by atoms with Crippen LogP contribution in [0.5, 0.6) is 11.5 Å². The molecular formula is C19H20N2O3. The number of methoxy groups -OCH3 is 2. The Morgan fingerprint density at radius 1 is 1.08 bits per heavy atom. The highest BCUT2D eigenvalue weighted by atomic mass is 16.5. The van der Waals surface area contributed by atoms with E-state index in [2.05, 4.69) is 4.98 Å². The van der Waals surface area contributed by atoms with E-state index in [1.165, 1.54) is 0 Å². The molecule has 5 nitrogen and oxygen atoms in total. The summed E-state index contributed by atoms with van der Waals surface area (Å²) in [5.74, 6) is 1.17. The molecule has 1 amide bonds. The van der Waals surface area contributed by atoms with Gasteiger partial charge in [-0.25, -0.2) is 0 Å². The van der Waals surface area contributed by atoms with Gasteiger partial charge in [0.15, 0.2) is 11.5 Å². The minimum Gasteiger partial charge on any atom is -0.493 e. The van der Waals surface area contributed by atoms with Crippen LogP contribution in [0.15, 0.2) is 48.7 Å². The molecule has 0 saturated carbocycles. The molecule has 0 saturated heterocycles. The molecule has 0 aliphatic rings. The molecule has 5 heteroatoms. The zero-order valence-electron chi connectivity index (χ0n) is 14.0. The molecule has 124 valence electrons. The van der Waals surface area contributed by atoms with Crippen LogP contribution in [0.3, 0.4) is 0 Å². The fourth-order valence-electron chi connectivity index (χ4n) is 2.82. The van der Waals surface area contributed by atoms with E-state index in [4.69, 9.17) is 9.47 Å². The fourth-order valence-corrected chi connectivity index (χ4v) is 2.82. The number of fused-ring (bicyclic) bond motifs is 1. The van der Waals surface area contributed by atoms with Crippen molar-refractivity contribution in [1.82, 2.24) is 4.98 Å². The van der Waals surface area contributed by atoms with Crippen LogP contribution in [0, 0.1) is 0 Å². The second kappa shape index (κ2) is 6.66. The Morgan fingerprint density at radius 2 is 1.75 bits per heavy atom. The number of amides is 1. The summed E-state index contributed by atoms with van der Waals surface area (Å²) in [5.41, 5.74) is 2.32. The standard InChI is InChI=1S/C19H20N2O3/c1-4-21(13-8-6-5-7-9-13)19(22)15-12-20-16-11-18(24-3)17(23-2)10-14(15)16/h5-12,20H,4H2,1-3H3. The number of benzene rings is 2. The van der Waals surface area contributed by atoms with Gasteiger partial charge in [0, 0.05) is 29.9 Å². The number of rotatable bonds is 5. The summed E-state index contributed by atoms with van der Waals surface area (Å²) in [6.45, 7) is 2.55. The Labute approximate surface area is 140 Å². The van der Waals surface area contributed by atoms with E-state index in [0.717, 1.165) is 16.6 Å². The topological polar surface area (TPSA) is 54.6 Å². The van der Waals surface area contributed by atoms with Crippen molar-refractivity contribution in [2.45, 2.75) is 6.92 Å². The molecule has 0 bridgehead atoms. The predicted molar refractivity (Wildman–Crippen MR) is 95.2 cm³/mol. The van der Waals surface area contributed by atoms with Gasteiger partial charge in [0.1, 0.15) is 0 Å². The number of hydrogen-bond donors (Lipinski definition) is 1. The van der Waals surface area contributed by atoms with Crippen molar-refractivity contribution in [3.05, 3.63) is 54.2 Å². The number of ether oxygens (including phenoxy) is 2. The number of para-hydroxylation sites is 1. The number of aromatic nitrogens is 1. The molecule has 0 fully saturated rings. The Morgan fingerprint density at radius 3 is 2.38 bits per heavy atom. The molecule has 24 heavy (non-hydrogen) atoms. The maximum Gasteiger partial charge on any atom is 0.260 e. The van der Waals surface area contributed by atoms with Crippen LogP contribution in [-0.4, -0.2) is 31.7 Å². The van der Waals surface area contributed by atoms with Gasteiger partial charge in [-0.1, -0.05) is 18.2 Å². The zero-order valence-corrected chi connectivity index (χ0v) is 14.0. The molecular weight excluding hydrogens is 304 g/mol. The van der Waals surface area contributed by atoms with Gasteiger partial charge in [0.05, 0.1) is 25.3 Å². The summed E-state index contributed by atoms with van der Waals surface area (Å²) in [4.78, 5) is 17.9. The van der Waals surface area contributed by atoms with Crippen LogP contribution in [0.25, 0.3) is 10.9 Å². The van der Waals surface area contributed by atoms with Crippen molar-refractivity contribution in [2.75, 3.05) is 25.7 Å². The first-order valence-electron chi connectivity index (χ1n) is 7.79. The number of carbonyl (C=O) groups is 1. The van der Waals surface area contributed by atoms with Gasteiger partial charge in [-0.15, -0.1) is 0 Å². The second-order valence-corrected chi connectivity index (χ2v) is 5.34. The Bertz CT molecular complexity index is 856. The summed E-state index contributed by atoms with van der Waals surface area (Å²) in [5, 5.41) is 0.812. The summed E-state index contributed by atoms with van der Waals surface area (Å²) >= 11 is 0. The van der Waals surface area contributed by atoms with Crippen molar-refractivity contribution in [2.24, 2.45) is 0 Å². The van der Waals surface area contributed by atoms with Crippen LogP contribution >= 0.6 is 0 Å². The first-order valence-corrected chi connectivity index (χ1v) is 7.79. The number of aromatic amines is 1. The zero-order chi connectivity index (χ0) is 17.1. The maximum atomic E-state index is 13.0. The van der Waals surface area contributed by atoms with Gasteiger partial charge in [0.25, 0.3) is 5.91 Å². The quantitative estimate of drug-likeness (QED) is 0.775. The molecule has 0 aliphatic heterocycles. The number of anilines is 1. The highest BCUT2D eigenvalue weighted by Crippen LogP contribution is 2.34. The van der Waals surface area contributed by atoms with Crippen molar-refractivity contribution in [3.8, 4) is 11.5 Å². The van der Waals surface area contributed by atoms with Gasteiger partial charge < -0.3 is 19.4 Å². The lowest BCUT2D eigenvalue weighted by Gasteiger charge is -2.20. The summed E-state index contributed by atoms with van der Waals surface area (Å²) in [7, 11) is 3.17. The monoisotopic (exact) mass is 324 g/mol. The van der Waals surface area contributed by atoms with E-state index >= 15 is 0 Å². The van der Waals surface area contributed by atoms with E-state index in [1.807, 2.05) is 49.4 Å². The van der Waals surface area contributed by atoms with Crippen LogP contribution in [0.1, 0.15) is 17.3 Å². The largest absolute Gasteiger partial charge is 0.493 e. The lowest BCUT2D eigenvalue weighted by Crippen LogP contribution is -2.30. The van der Waals surface area contributed by atoms with Crippen LogP contribution < -0.4 is 14.4 Å². The minimum atomic E-state index is -0.0535. The Kier molecular flexibility index (Phi) is 4.42. The molecule has 0 radical (unpaired) electrons. The van der Waals surface area contributed by atoms with E-state index in [0.29, 0.717) is 23.6 Å². The van der Waals surface area contributed by atoms with Gasteiger partial charge in [-0.05, 0) is 25.1 Å². The van der Waals surface area contributed by atoms with E-state index in [1.54, 1.807) is 25.3 Å². The lowest BCUT2D eigenvalue weighted by molar-refractivity contribution is 0.0990. The molecule has 1 aromatic heterocycles. The SMILES string of the molecule is CCN(C(=O)c1c[nH]c2cc(OC)c(OC)cc12)c1ccccc1. The van der Waals surface area contributed by atoms with Crippen LogP contribution in [0.2, 0.25) is 0 Å².